The van der Waals surface area contributed by atoms with Gasteiger partial charge in [-0.3, -0.25) is 9.52 Å². The summed E-state index contributed by atoms with van der Waals surface area (Å²) in [6.45, 7) is 5.55. The molecule has 2 rings (SSSR count). The highest BCUT2D eigenvalue weighted by atomic mass is 32.2. The summed E-state index contributed by atoms with van der Waals surface area (Å²) in [5.74, 6) is -0.271. The van der Waals surface area contributed by atoms with E-state index in [1.54, 1.807) is 55.5 Å². The van der Waals surface area contributed by atoms with E-state index in [-0.39, 0.29) is 10.8 Å². The maximum Gasteiger partial charge on any atom is 0.261 e. The Hall–Kier alpha value is -2.38. The molecule has 0 radical (unpaired) electrons. The van der Waals surface area contributed by atoms with E-state index in [1.807, 2.05) is 13.8 Å². The van der Waals surface area contributed by atoms with Gasteiger partial charge in [0.2, 0.25) is 5.91 Å². The summed E-state index contributed by atoms with van der Waals surface area (Å²) in [7, 11) is -3.65. The Morgan fingerprint density at radius 2 is 1.58 bits per heavy atom. The lowest BCUT2D eigenvalue weighted by atomic mass is 9.96. The van der Waals surface area contributed by atoms with Gasteiger partial charge in [0.1, 0.15) is 0 Å². The van der Waals surface area contributed by atoms with Gasteiger partial charge in [0.15, 0.2) is 0 Å². The van der Waals surface area contributed by atoms with Crippen LogP contribution in [0.25, 0.3) is 0 Å². The van der Waals surface area contributed by atoms with Crippen LogP contribution in [0.5, 0.6) is 0 Å². The molecule has 1 unspecified atom stereocenters. The summed E-state index contributed by atoms with van der Waals surface area (Å²) in [6.07, 6.45) is 1.38. The first-order valence-corrected chi connectivity index (χ1v) is 9.92. The minimum atomic E-state index is -3.65. The Kier molecular flexibility index (Phi) is 6.05. The smallest absolute Gasteiger partial charge is 0.261 e. The van der Waals surface area contributed by atoms with Crippen LogP contribution in [0.3, 0.4) is 0 Å². The summed E-state index contributed by atoms with van der Waals surface area (Å²) in [4.78, 5) is 12.4. The highest BCUT2D eigenvalue weighted by Gasteiger charge is 2.27. The first kappa shape index (κ1) is 19.9. The third kappa shape index (κ3) is 5.06. The van der Waals surface area contributed by atoms with E-state index in [1.165, 1.54) is 0 Å². The van der Waals surface area contributed by atoms with Crippen LogP contribution in [0.1, 0.15) is 32.3 Å². The predicted molar refractivity (Wildman–Crippen MR) is 105 cm³/mol. The number of aryl methyl sites for hydroxylation is 1. The Bertz CT molecular complexity index is 858. The monoisotopic (exact) mass is 375 g/mol. The third-order valence-corrected chi connectivity index (χ3v) is 5.41. The Labute approximate surface area is 154 Å². The first-order valence-electron chi connectivity index (χ1n) is 8.44. The van der Waals surface area contributed by atoms with E-state index in [2.05, 4.69) is 10.0 Å². The van der Waals surface area contributed by atoms with Crippen molar-refractivity contribution in [2.24, 2.45) is 5.73 Å². The van der Waals surface area contributed by atoms with Crippen molar-refractivity contribution in [1.82, 2.24) is 0 Å². The van der Waals surface area contributed by atoms with Gasteiger partial charge in [0.25, 0.3) is 10.0 Å². The highest BCUT2D eigenvalue weighted by Crippen LogP contribution is 2.20. The standard InChI is InChI=1S/C19H25N3O3S/c1-4-13-19(3,20)18(23)21-15-7-9-16(10-8-15)22-26(24,25)17-11-5-14(2)6-12-17/h5-12,22H,4,13,20H2,1-3H3,(H,21,23). The Morgan fingerprint density at radius 3 is 2.12 bits per heavy atom. The molecule has 1 atom stereocenters. The van der Waals surface area contributed by atoms with E-state index in [9.17, 15) is 13.2 Å². The SMILES string of the molecule is CCCC(C)(N)C(=O)Nc1ccc(NS(=O)(=O)c2ccc(C)cc2)cc1. The summed E-state index contributed by atoms with van der Waals surface area (Å²) < 4.78 is 27.3. The van der Waals surface area contributed by atoms with Gasteiger partial charge in [-0.05, 0) is 56.7 Å². The number of hydrogen-bond acceptors (Lipinski definition) is 4. The lowest BCUT2D eigenvalue weighted by molar-refractivity contribution is -0.120. The summed E-state index contributed by atoms with van der Waals surface area (Å²) in [5, 5.41) is 2.75. The highest BCUT2D eigenvalue weighted by molar-refractivity contribution is 7.92. The third-order valence-electron chi connectivity index (χ3n) is 4.01. The topological polar surface area (TPSA) is 101 Å². The normalized spacial score (nSPS) is 13.7. The van der Waals surface area contributed by atoms with Crippen LogP contribution < -0.4 is 15.8 Å². The number of carbonyl (C=O) groups excluding carboxylic acids is 1. The maximum atomic E-state index is 12.4. The molecular weight excluding hydrogens is 350 g/mol. The van der Waals surface area contributed by atoms with Crippen LogP contribution in [0.4, 0.5) is 11.4 Å². The second-order valence-electron chi connectivity index (χ2n) is 6.62. The van der Waals surface area contributed by atoms with Gasteiger partial charge < -0.3 is 11.1 Å². The van der Waals surface area contributed by atoms with E-state index in [0.29, 0.717) is 17.8 Å². The molecule has 0 fully saturated rings. The molecule has 2 aromatic rings. The Balaban J connectivity index is 2.07. The second kappa shape index (κ2) is 7.88. The van der Waals surface area contributed by atoms with E-state index >= 15 is 0 Å². The second-order valence-corrected chi connectivity index (χ2v) is 8.30. The molecule has 0 aromatic heterocycles. The van der Waals surface area contributed by atoms with Crippen LogP contribution >= 0.6 is 0 Å². The van der Waals surface area contributed by atoms with Crippen LogP contribution in [-0.2, 0) is 14.8 Å². The number of nitrogens with two attached hydrogens (primary N) is 1. The number of anilines is 2. The van der Waals surface area contributed by atoms with Gasteiger partial charge in [0, 0.05) is 11.4 Å². The molecular formula is C19H25N3O3S. The van der Waals surface area contributed by atoms with Gasteiger partial charge in [-0.2, -0.15) is 0 Å². The molecule has 4 N–H and O–H groups in total. The van der Waals surface area contributed by atoms with Crippen LogP contribution in [0, 0.1) is 6.92 Å². The van der Waals surface area contributed by atoms with Gasteiger partial charge in [-0.15, -0.1) is 0 Å². The lowest BCUT2D eigenvalue weighted by Gasteiger charge is -2.22. The van der Waals surface area contributed by atoms with E-state index < -0.39 is 15.6 Å². The predicted octanol–water partition coefficient (Wildman–Crippen LogP) is 3.25. The zero-order chi connectivity index (χ0) is 19.4. The fraction of sp³-hybridized carbons (Fsp3) is 0.316. The van der Waals surface area contributed by atoms with Crippen LogP contribution in [0.15, 0.2) is 53.4 Å². The van der Waals surface area contributed by atoms with E-state index in [0.717, 1.165) is 12.0 Å². The number of hydrogen-bond donors (Lipinski definition) is 3. The average Bonchev–Trinajstić information content (AvgIpc) is 2.56. The summed E-state index contributed by atoms with van der Waals surface area (Å²) >= 11 is 0. The van der Waals surface area contributed by atoms with Crippen molar-refractivity contribution in [1.29, 1.82) is 0 Å². The molecule has 0 aliphatic carbocycles. The average molecular weight is 375 g/mol. The van der Waals surface area contributed by atoms with Crippen LogP contribution in [-0.4, -0.2) is 19.9 Å². The number of carbonyl (C=O) groups is 1. The molecule has 0 saturated carbocycles. The molecule has 0 saturated heterocycles. The largest absolute Gasteiger partial charge is 0.325 e. The zero-order valence-corrected chi connectivity index (χ0v) is 16.1. The molecule has 2 aromatic carbocycles. The van der Waals surface area contributed by atoms with Gasteiger partial charge >= 0.3 is 0 Å². The number of nitrogens with one attached hydrogen (secondary N) is 2. The van der Waals surface area contributed by atoms with Crippen molar-refractivity contribution in [3.8, 4) is 0 Å². The first-order chi connectivity index (χ1) is 12.1. The number of amides is 1. The Morgan fingerprint density at radius 1 is 1.04 bits per heavy atom. The molecule has 1 amide bonds. The van der Waals surface area contributed by atoms with E-state index in [4.69, 9.17) is 5.73 Å². The number of sulfonamides is 1. The molecule has 7 heteroatoms. The molecule has 0 bridgehead atoms. The van der Waals surface area contributed by atoms with Crippen molar-refractivity contribution in [2.45, 2.75) is 44.0 Å². The van der Waals surface area contributed by atoms with Crippen molar-refractivity contribution in [2.75, 3.05) is 10.0 Å². The van der Waals surface area contributed by atoms with Crippen molar-refractivity contribution in [3.05, 3.63) is 54.1 Å². The molecule has 6 nitrogen and oxygen atoms in total. The van der Waals surface area contributed by atoms with Gasteiger partial charge in [0.05, 0.1) is 10.4 Å². The van der Waals surface area contributed by atoms with Crippen molar-refractivity contribution < 1.29 is 13.2 Å². The minimum Gasteiger partial charge on any atom is -0.325 e. The fourth-order valence-electron chi connectivity index (χ4n) is 2.46. The molecule has 0 spiro atoms. The van der Waals surface area contributed by atoms with Crippen molar-refractivity contribution in [3.63, 3.8) is 0 Å². The summed E-state index contributed by atoms with van der Waals surface area (Å²) in [6, 6.07) is 13.1. The molecule has 0 aliphatic rings. The fourth-order valence-corrected chi connectivity index (χ4v) is 3.52. The summed E-state index contributed by atoms with van der Waals surface area (Å²) in [5.41, 5.74) is 7.01. The molecule has 0 aliphatic heterocycles. The lowest BCUT2D eigenvalue weighted by Crippen LogP contribution is -2.48. The quantitative estimate of drug-likeness (QED) is 0.691. The maximum absolute atomic E-state index is 12.4. The molecule has 26 heavy (non-hydrogen) atoms. The number of benzene rings is 2. The molecule has 0 heterocycles. The zero-order valence-electron chi connectivity index (χ0n) is 15.2. The van der Waals surface area contributed by atoms with Gasteiger partial charge in [-0.1, -0.05) is 31.0 Å². The minimum absolute atomic E-state index is 0.193. The van der Waals surface area contributed by atoms with Crippen LogP contribution in [0.2, 0.25) is 0 Å². The molecule has 140 valence electrons. The van der Waals surface area contributed by atoms with Gasteiger partial charge in [-0.25, -0.2) is 8.42 Å². The number of rotatable bonds is 7. The van der Waals surface area contributed by atoms with Crippen molar-refractivity contribution >= 4 is 27.3 Å².